The molecule has 0 aromatic carbocycles. The van der Waals surface area contributed by atoms with Gasteiger partial charge < -0.3 is 9.63 Å². The number of aliphatic hydroxyl groups excluding tert-OH is 1. The van der Waals surface area contributed by atoms with Crippen LogP contribution in [0.3, 0.4) is 0 Å². The number of nitrogens with zero attached hydrogens (tertiary/aromatic N) is 3. The normalized spacial score (nSPS) is 28.4. The summed E-state index contributed by atoms with van der Waals surface area (Å²) in [5, 5.41) is 13.2. The van der Waals surface area contributed by atoms with E-state index in [1.54, 1.807) is 0 Å². The average Bonchev–Trinajstić information content (AvgIpc) is 2.98. The van der Waals surface area contributed by atoms with Gasteiger partial charge in [0.05, 0.1) is 12.6 Å². The monoisotopic (exact) mass is 237 g/mol. The molecule has 1 aromatic rings. The van der Waals surface area contributed by atoms with Crippen molar-refractivity contribution in [2.75, 3.05) is 13.6 Å². The molecule has 17 heavy (non-hydrogen) atoms. The van der Waals surface area contributed by atoms with Crippen LogP contribution in [0.1, 0.15) is 43.3 Å². The van der Waals surface area contributed by atoms with Crippen molar-refractivity contribution in [1.29, 1.82) is 0 Å². The molecule has 2 aliphatic carbocycles. The number of aromatic nitrogens is 2. The van der Waals surface area contributed by atoms with Crippen LogP contribution in [0.25, 0.3) is 0 Å². The summed E-state index contributed by atoms with van der Waals surface area (Å²) < 4.78 is 5.22. The van der Waals surface area contributed by atoms with Crippen LogP contribution in [0.4, 0.5) is 0 Å². The zero-order valence-electron chi connectivity index (χ0n) is 10.2. The van der Waals surface area contributed by atoms with E-state index in [4.69, 9.17) is 4.52 Å². The Labute approximate surface area is 101 Å². The summed E-state index contributed by atoms with van der Waals surface area (Å²) in [5.74, 6) is 2.76. The number of rotatable bonds is 5. The lowest BCUT2D eigenvalue weighted by molar-refractivity contribution is 0.0270. The Morgan fingerprint density at radius 2 is 2.18 bits per heavy atom. The summed E-state index contributed by atoms with van der Waals surface area (Å²) in [4.78, 5) is 6.62. The molecule has 0 bridgehead atoms. The highest BCUT2D eigenvalue weighted by Gasteiger charge is 2.30. The van der Waals surface area contributed by atoms with Crippen molar-refractivity contribution < 1.29 is 9.63 Å². The van der Waals surface area contributed by atoms with E-state index < -0.39 is 0 Å². The van der Waals surface area contributed by atoms with Crippen molar-refractivity contribution in [3.8, 4) is 0 Å². The molecule has 5 heteroatoms. The van der Waals surface area contributed by atoms with Crippen molar-refractivity contribution in [1.82, 2.24) is 15.0 Å². The summed E-state index contributed by atoms with van der Waals surface area (Å²) in [6, 6.07) is 0. The molecule has 1 aromatic heterocycles. The average molecular weight is 237 g/mol. The van der Waals surface area contributed by atoms with Gasteiger partial charge in [0.15, 0.2) is 5.82 Å². The van der Waals surface area contributed by atoms with E-state index in [1.807, 2.05) is 0 Å². The maximum atomic E-state index is 9.23. The minimum atomic E-state index is -0.0694. The van der Waals surface area contributed by atoms with Crippen LogP contribution in [0.5, 0.6) is 0 Å². The van der Waals surface area contributed by atoms with Crippen LogP contribution >= 0.6 is 0 Å². The van der Waals surface area contributed by atoms with Gasteiger partial charge in [-0.3, -0.25) is 4.90 Å². The van der Waals surface area contributed by atoms with Gasteiger partial charge in [-0.05, 0) is 38.6 Å². The second-order valence-corrected chi connectivity index (χ2v) is 5.51. The third kappa shape index (κ3) is 2.66. The maximum absolute atomic E-state index is 9.23. The first kappa shape index (κ1) is 11.2. The molecule has 0 atom stereocenters. The van der Waals surface area contributed by atoms with Crippen LogP contribution in [-0.2, 0) is 6.54 Å². The van der Waals surface area contributed by atoms with Crippen molar-refractivity contribution in [2.24, 2.45) is 5.92 Å². The van der Waals surface area contributed by atoms with E-state index in [0.29, 0.717) is 11.8 Å². The van der Waals surface area contributed by atoms with Gasteiger partial charge in [0.2, 0.25) is 5.89 Å². The molecule has 0 radical (unpaired) electrons. The standard InChI is InChI=1S/C12H19N3O2/c1-15(6-8-4-10(16)5-8)7-11-13-12(17-14-11)9-2-3-9/h8-10,16H,2-7H2,1H3. The molecular formula is C12H19N3O2. The number of aliphatic hydroxyl groups is 1. The van der Waals surface area contributed by atoms with Crippen LogP contribution in [0.2, 0.25) is 0 Å². The fourth-order valence-electron chi connectivity index (χ4n) is 2.42. The van der Waals surface area contributed by atoms with E-state index in [0.717, 1.165) is 37.6 Å². The zero-order chi connectivity index (χ0) is 11.8. The smallest absolute Gasteiger partial charge is 0.229 e. The van der Waals surface area contributed by atoms with E-state index in [2.05, 4.69) is 22.1 Å². The highest BCUT2D eigenvalue weighted by Crippen LogP contribution is 2.38. The van der Waals surface area contributed by atoms with E-state index in [-0.39, 0.29) is 6.10 Å². The largest absolute Gasteiger partial charge is 0.393 e. The molecule has 0 aliphatic heterocycles. The van der Waals surface area contributed by atoms with Gasteiger partial charge >= 0.3 is 0 Å². The Balaban J connectivity index is 1.47. The minimum Gasteiger partial charge on any atom is -0.393 e. The molecule has 0 saturated heterocycles. The Kier molecular flexibility index (Phi) is 2.88. The van der Waals surface area contributed by atoms with Crippen LogP contribution in [0.15, 0.2) is 4.52 Å². The fourth-order valence-corrected chi connectivity index (χ4v) is 2.42. The van der Waals surface area contributed by atoms with E-state index in [1.165, 1.54) is 12.8 Å². The van der Waals surface area contributed by atoms with Crippen molar-refractivity contribution in [2.45, 2.75) is 44.2 Å². The molecule has 5 nitrogen and oxygen atoms in total. The first-order valence-corrected chi connectivity index (χ1v) is 6.40. The van der Waals surface area contributed by atoms with Gasteiger partial charge in [-0.2, -0.15) is 4.98 Å². The second-order valence-electron chi connectivity index (χ2n) is 5.51. The zero-order valence-corrected chi connectivity index (χ0v) is 10.2. The summed E-state index contributed by atoms with van der Waals surface area (Å²) in [6.45, 7) is 1.74. The van der Waals surface area contributed by atoms with E-state index >= 15 is 0 Å². The third-order valence-corrected chi connectivity index (χ3v) is 3.60. The first-order chi connectivity index (χ1) is 8.20. The fraction of sp³-hybridized carbons (Fsp3) is 0.833. The second kappa shape index (κ2) is 4.38. The Bertz CT molecular complexity index is 383. The lowest BCUT2D eigenvalue weighted by Gasteiger charge is -2.34. The number of hydrogen-bond donors (Lipinski definition) is 1. The number of hydrogen-bond acceptors (Lipinski definition) is 5. The first-order valence-electron chi connectivity index (χ1n) is 6.40. The summed E-state index contributed by atoms with van der Waals surface area (Å²) in [5.41, 5.74) is 0. The van der Waals surface area contributed by atoms with Crippen molar-refractivity contribution in [3.05, 3.63) is 11.7 Å². The molecule has 0 amide bonds. The van der Waals surface area contributed by atoms with Gasteiger partial charge in [0.1, 0.15) is 0 Å². The van der Waals surface area contributed by atoms with Crippen LogP contribution < -0.4 is 0 Å². The highest BCUT2D eigenvalue weighted by molar-refractivity contribution is 5.01. The summed E-state index contributed by atoms with van der Waals surface area (Å²) in [7, 11) is 2.07. The lowest BCUT2D eigenvalue weighted by Crippen LogP contribution is -2.36. The van der Waals surface area contributed by atoms with Gasteiger partial charge in [0, 0.05) is 12.5 Å². The molecule has 2 fully saturated rings. The van der Waals surface area contributed by atoms with Gasteiger partial charge in [-0.1, -0.05) is 5.16 Å². The van der Waals surface area contributed by atoms with Crippen molar-refractivity contribution in [3.63, 3.8) is 0 Å². The molecule has 94 valence electrons. The molecule has 0 spiro atoms. The Morgan fingerprint density at radius 3 is 2.82 bits per heavy atom. The predicted molar refractivity (Wildman–Crippen MR) is 61.3 cm³/mol. The molecule has 3 rings (SSSR count). The Hall–Kier alpha value is -0.940. The van der Waals surface area contributed by atoms with Crippen LogP contribution in [0, 0.1) is 5.92 Å². The molecular weight excluding hydrogens is 218 g/mol. The SMILES string of the molecule is CN(Cc1noc(C2CC2)n1)CC1CC(O)C1. The Morgan fingerprint density at radius 1 is 1.41 bits per heavy atom. The quantitative estimate of drug-likeness (QED) is 0.832. The lowest BCUT2D eigenvalue weighted by atomic mass is 9.82. The predicted octanol–water partition coefficient (Wildman–Crippen LogP) is 1.15. The third-order valence-electron chi connectivity index (χ3n) is 3.60. The molecule has 1 N–H and O–H groups in total. The topological polar surface area (TPSA) is 62.4 Å². The van der Waals surface area contributed by atoms with Gasteiger partial charge in [-0.25, -0.2) is 0 Å². The molecule has 0 unspecified atom stereocenters. The van der Waals surface area contributed by atoms with Gasteiger partial charge in [-0.15, -0.1) is 0 Å². The van der Waals surface area contributed by atoms with E-state index in [9.17, 15) is 5.11 Å². The summed E-state index contributed by atoms with van der Waals surface area (Å²) in [6.07, 6.45) is 4.18. The van der Waals surface area contributed by atoms with Crippen LogP contribution in [-0.4, -0.2) is 39.8 Å². The van der Waals surface area contributed by atoms with Gasteiger partial charge in [0.25, 0.3) is 0 Å². The molecule has 2 saturated carbocycles. The van der Waals surface area contributed by atoms with Crippen molar-refractivity contribution >= 4 is 0 Å². The summed E-state index contributed by atoms with van der Waals surface area (Å²) >= 11 is 0. The maximum Gasteiger partial charge on any atom is 0.229 e. The minimum absolute atomic E-state index is 0.0694. The molecule has 1 heterocycles. The highest BCUT2D eigenvalue weighted by atomic mass is 16.5. The molecule has 2 aliphatic rings.